The number of amides is 1. The molecule has 0 unspecified atom stereocenters. The third-order valence-electron chi connectivity index (χ3n) is 3.91. The van der Waals surface area contributed by atoms with Crippen molar-refractivity contribution in [2.75, 3.05) is 5.32 Å². The molecule has 104 valence electrons. The van der Waals surface area contributed by atoms with Crippen LogP contribution in [0.3, 0.4) is 0 Å². The van der Waals surface area contributed by atoms with E-state index in [1.807, 2.05) is 13.8 Å². The fourth-order valence-corrected chi connectivity index (χ4v) is 3.42. The molecule has 19 heavy (non-hydrogen) atoms. The van der Waals surface area contributed by atoms with Gasteiger partial charge in [-0.05, 0) is 30.7 Å². The van der Waals surface area contributed by atoms with Crippen LogP contribution in [0.4, 0.5) is 5.69 Å². The van der Waals surface area contributed by atoms with Gasteiger partial charge in [0, 0.05) is 5.41 Å². The lowest BCUT2D eigenvalue weighted by Gasteiger charge is -2.32. The van der Waals surface area contributed by atoms with Gasteiger partial charge in [-0.2, -0.15) is 0 Å². The molecule has 0 bridgehead atoms. The first-order valence-electron chi connectivity index (χ1n) is 6.57. The van der Waals surface area contributed by atoms with E-state index in [2.05, 4.69) is 5.32 Å². The summed E-state index contributed by atoms with van der Waals surface area (Å²) >= 11 is 1.16. The molecule has 1 heterocycles. The van der Waals surface area contributed by atoms with E-state index in [1.54, 1.807) is 5.38 Å². The van der Waals surface area contributed by atoms with Gasteiger partial charge in [0.1, 0.15) is 4.88 Å². The molecule has 5 heteroatoms. The molecular weight excluding hydrogens is 262 g/mol. The van der Waals surface area contributed by atoms with Gasteiger partial charge in [-0.3, -0.25) is 4.79 Å². The van der Waals surface area contributed by atoms with E-state index in [0.717, 1.165) is 42.6 Å². The van der Waals surface area contributed by atoms with E-state index in [1.165, 1.54) is 6.42 Å². The van der Waals surface area contributed by atoms with Crippen molar-refractivity contribution in [1.29, 1.82) is 0 Å². The van der Waals surface area contributed by atoms with Crippen LogP contribution >= 0.6 is 11.3 Å². The zero-order valence-corrected chi connectivity index (χ0v) is 12.1. The van der Waals surface area contributed by atoms with Crippen LogP contribution in [0.5, 0.6) is 0 Å². The van der Waals surface area contributed by atoms with Gasteiger partial charge in [-0.25, -0.2) is 4.79 Å². The van der Waals surface area contributed by atoms with Crippen LogP contribution in [0.2, 0.25) is 0 Å². The summed E-state index contributed by atoms with van der Waals surface area (Å²) in [6.45, 7) is 3.80. The number of carboxylic acid groups (broad SMARTS) is 1. The van der Waals surface area contributed by atoms with Gasteiger partial charge in [-0.15, -0.1) is 11.3 Å². The molecule has 0 spiro atoms. The summed E-state index contributed by atoms with van der Waals surface area (Å²) in [4.78, 5) is 23.8. The number of carbonyl (C=O) groups excluding carboxylic acids is 1. The summed E-state index contributed by atoms with van der Waals surface area (Å²) in [6.07, 6.45) is 5.08. The Morgan fingerprint density at radius 1 is 1.32 bits per heavy atom. The van der Waals surface area contributed by atoms with E-state index >= 15 is 0 Å². The quantitative estimate of drug-likeness (QED) is 0.888. The molecule has 0 aromatic carbocycles. The Balaban J connectivity index is 2.19. The Labute approximate surface area is 116 Å². The molecule has 1 aromatic heterocycles. The first-order valence-corrected chi connectivity index (χ1v) is 7.45. The van der Waals surface area contributed by atoms with Gasteiger partial charge >= 0.3 is 5.97 Å². The maximum absolute atomic E-state index is 12.4. The van der Waals surface area contributed by atoms with E-state index in [9.17, 15) is 9.59 Å². The zero-order chi connectivity index (χ0) is 14.0. The molecule has 1 amide bonds. The molecular formula is C14H19NO3S. The van der Waals surface area contributed by atoms with Crippen molar-refractivity contribution in [1.82, 2.24) is 0 Å². The molecule has 1 aliphatic rings. The average Bonchev–Trinajstić information content (AvgIpc) is 2.72. The van der Waals surface area contributed by atoms with Crippen LogP contribution in [0, 0.1) is 12.3 Å². The Bertz CT molecular complexity index is 501. The predicted molar refractivity (Wildman–Crippen MR) is 75.8 cm³/mol. The number of anilines is 1. The third kappa shape index (κ3) is 2.81. The standard InChI is InChI=1S/C14H19NO3S/c1-9-8-19-11(12(16)17)10(9)15-13(18)14(2)6-4-3-5-7-14/h8H,3-7H2,1-2H3,(H,15,18)(H,16,17). The van der Waals surface area contributed by atoms with Crippen molar-refractivity contribution < 1.29 is 14.7 Å². The largest absolute Gasteiger partial charge is 0.477 e. The summed E-state index contributed by atoms with van der Waals surface area (Å²) < 4.78 is 0. The topological polar surface area (TPSA) is 66.4 Å². The predicted octanol–water partition coefficient (Wildman–Crippen LogP) is 3.66. The van der Waals surface area contributed by atoms with Crippen LogP contribution in [0.25, 0.3) is 0 Å². The Hall–Kier alpha value is -1.36. The van der Waals surface area contributed by atoms with Gasteiger partial charge in [0.25, 0.3) is 0 Å². The zero-order valence-electron chi connectivity index (χ0n) is 11.3. The van der Waals surface area contributed by atoms with Crippen molar-refractivity contribution >= 4 is 28.9 Å². The number of aromatic carboxylic acids is 1. The molecule has 0 aliphatic heterocycles. The van der Waals surface area contributed by atoms with Crippen LogP contribution in [-0.2, 0) is 4.79 Å². The molecule has 1 aliphatic carbocycles. The first kappa shape index (κ1) is 14.1. The van der Waals surface area contributed by atoms with Crippen molar-refractivity contribution in [2.24, 2.45) is 5.41 Å². The molecule has 2 rings (SSSR count). The summed E-state index contributed by atoms with van der Waals surface area (Å²) in [7, 11) is 0. The fraction of sp³-hybridized carbons (Fsp3) is 0.571. The van der Waals surface area contributed by atoms with Crippen molar-refractivity contribution in [3.63, 3.8) is 0 Å². The number of hydrogen-bond acceptors (Lipinski definition) is 3. The van der Waals surface area contributed by atoms with Crippen molar-refractivity contribution in [3.05, 3.63) is 15.8 Å². The number of carboxylic acids is 1. The molecule has 1 aromatic rings. The highest BCUT2D eigenvalue weighted by molar-refractivity contribution is 7.12. The summed E-state index contributed by atoms with van der Waals surface area (Å²) in [5.74, 6) is -1.03. The van der Waals surface area contributed by atoms with Gasteiger partial charge in [0.15, 0.2) is 0 Å². The lowest BCUT2D eigenvalue weighted by Crippen LogP contribution is -2.35. The lowest BCUT2D eigenvalue weighted by atomic mass is 9.75. The second kappa shape index (κ2) is 5.33. The van der Waals surface area contributed by atoms with E-state index in [-0.39, 0.29) is 16.2 Å². The summed E-state index contributed by atoms with van der Waals surface area (Å²) in [6, 6.07) is 0. The highest BCUT2D eigenvalue weighted by atomic mass is 32.1. The van der Waals surface area contributed by atoms with Gasteiger partial charge < -0.3 is 10.4 Å². The Kier molecular flexibility index (Phi) is 3.94. The average molecular weight is 281 g/mol. The molecule has 4 nitrogen and oxygen atoms in total. The van der Waals surface area contributed by atoms with Gasteiger partial charge in [0.2, 0.25) is 5.91 Å². The smallest absolute Gasteiger partial charge is 0.348 e. The highest BCUT2D eigenvalue weighted by Gasteiger charge is 2.35. The molecule has 1 saturated carbocycles. The fourth-order valence-electron chi connectivity index (χ4n) is 2.58. The molecule has 2 N–H and O–H groups in total. The van der Waals surface area contributed by atoms with Crippen LogP contribution in [-0.4, -0.2) is 17.0 Å². The third-order valence-corrected chi connectivity index (χ3v) is 5.00. The monoisotopic (exact) mass is 281 g/mol. The SMILES string of the molecule is Cc1csc(C(=O)O)c1NC(=O)C1(C)CCCCC1. The number of nitrogens with one attached hydrogen (secondary N) is 1. The van der Waals surface area contributed by atoms with E-state index in [0.29, 0.717) is 5.69 Å². The van der Waals surface area contributed by atoms with Crippen molar-refractivity contribution in [3.8, 4) is 0 Å². The summed E-state index contributed by atoms with van der Waals surface area (Å²) in [5.41, 5.74) is 0.923. The Morgan fingerprint density at radius 2 is 1.95 bits per heavy atom. The van der Waals surface area contributed by atoms with Gasteiger partial charge in [-0.1, -0.05) is 26.2 Å². The van der Waals surface area contributed by atoms with E-state index < -0.39 is 5.97 Å². The second-order valence-electron chi connectivity index (χ2n) is 5.50. The summed E-state index contributed by atoms with van der Waals surface area (Å²) in [5, 5.41) is 13.7. The van der Waals surface area contributed by atoms with Gasteiger partial charge in [0.05, 0.1) is 5.69 Å². The number of thiophene rings is 1. The minimum Gasteiger partial charge on any atom is -0.477 e. The minimum absolute atomic E-state index is 0.0452. The molecule has 1 fully saturated rings. The number of aryl methyl sites for hydroxylation is 1. The maximum atomic E-state index is 12.4. The molecule has 0 radical (unpaired) electrons. The number of carbonyl (C=O) groups is 2. The maximum Gasteiger partial charge on any atom is 0.348 e. The number of hydrogen-bond donors (Lipinski definition) is 2. The number of rotatable bonds is 3. The van der Waals surface area contributed by atoms with Crippen LogP contribution < -0.4 is 5.32 Å². The lowest BCUT2D eigenvalue weighted by molar-refractivity contribution is -0.126. The molecule has 0 atom stereocenters. The molecule has 0 saturated heterocycles. The normalized spacial score (nSPS) is 18.0. The van der Waals surface area contributed by atoms with E-state index in [4.69, 9.17) is 5.11 Å². The van der Waals surface area contributed by atoms with Crippen LogP contribution in [0.15, 0.2) is 5.38 Å². The van der Waals surface area contributed by atoms with Crippen LogP contribution in [0.1, 0.15) is 54.3 Å². The first-order chi connectivity index (χ1) is 8.94. The Morgan fingerprint density at radius 3 is 2.53 bits per heavy atom. The van der Waals surface area contributed by atoms with Crippen molar-refractivity contribution in [2.45, 2.75) is 46.0 Å². The highest BCUT2D eigenvalue weighted by Crippen LogP contribution is 2.38. The minimum atomic E-state index is -0.984. The second-order valence-corrected chi connectivity index (χ2v) is 6.38.